The first kappa shape index (κ1) is 22.5. The molecule has 1 aromatic carbocycles. The van der Waals surface area contributed by atoms with Gasteiger partial charge in [-0.2, -0.15) is 0 Å². The number of nitro groups is 1. The van der Waals surface area contributed by atoms with Crippen molar-refractivity contribution in [1.82, 2.24) is 0 Å². The van der Waals surface area contributed by atoms with Crippen LogP contribution in [0.3, 0.4) is 0 Å². The summed E-state index contributed by atoms with van der Waals surface area (Å²) in [5.41, 5.74) is 0.475. The number of rotatable bonds is 11. The molecule has 0 N–H and O–H groups in total. The Balaban J connectivity index is 1.86. The number of carbonyl (C=O) groups is 1. The lowest BCUT2D eigenvalue weighted by Gasteiger charge is -2.37. The molecule has 6 heteroatoms. The molecule has 0 spiro atoms. The van der Waals surface area contributed by atoms with Gasteiger partial charge in [-0.3, -0.25) is 14.9 Å². The molecule has 6 nitrogen and oxygen atoms in total. The topological polar surface area (TPSA) is 78.7 Å². The molecular weight excluding hydrogens is 358 g/mol. The third-order valence-corrected chi connectivity index (χ3v) is 5.43. The van der Waals surface area contributed by atoms with Crippen LogP contribution in [-0.4, -0.2) is 35.2 Å². The van der Waals surface area contributed by atoms with Gasteiger partial charge in [0.25, 0.3) is 5.54 Å². The van der Waals surface area contributed by atoms with Gasteiger partial charge in [-0.1, -0.05) is 56.9 Å². The second-order valence-electron chi connectivity index (χ2n) is 8.24. The summed E-state index contributed by atoms with van der Waals surface area (Å²) in [6.07, 6.45) is 7.10. The lowest BCUT2D eigenvalue weighted by Crippen LogP contribution is -2.56. The molecule has 0 radical (unpaired) electrons. The monoisotopic (exact) mass is 391 g/mol. The van der Waals surface area contributed by atoms with Crippen LogP contribution in [0.1, 0.15) is 81.6 Å². The number of Topliss-reactive ketones (excluding diaryl/α,β-unsaturated/α-hetero) is 1. The molecule has 0 saturated carbocycles. The van der Waals surface area contributed by atoms with Crippen LogP contribution >= 0.6 is 0 Å². The average Bonchev–Trinajstić information content (AvgIpc) is 2.67. The number of unbranched alkanes of at least 4 members (excludes halogenated alkanes) is 4. The van der Waals surface area contributed by atoms with E-state index in [0.29, 0.717) is 24.8 Å². The van der Waals surface area contributed by atoms with Crippen molar-refractivity contribution in [1.29, 1.82) is 0 Å². The normalized spacial score (nSPS) is 18.0. The summed E-state index contributed by atoms with van der Waals surface area (Å²) in [7, 11) is 0. The molecule has 0 aliphatic carbocycles. The minimum atomic E-state index is -1.22. The number of ketones is 1. The van der Waals surface area contributed by atoms with Crippen molar-refractivity contribution < 1.29 is 19.2 Å². The minimum absolute atomic E-state index is 0.0433. The fourth-order valence-electron chi connectivity index (χ4n) is 3.31. The highest BCUT2D eigenvalue weighted by atomic mass is 16.7. The SMILES string of the molecule is CCCCCCCC(=O)c1ccc(CCC2([N+](=O)[O-])COC(C)(C)OC2)cc1. The van der Waals surface area contributed by atoms with Gasteiger partial charge in [-0.25, -0.2) is 0 Å². The summed E-state index contributed by atoms with van der Waals surface area (Å²) in [6, 6.07) is 7.46. The first-order chi connectivity index (χ1) is 13.3. The van der Waals surface area contributed by atoms with Crippen molar-refractivity contribution in [3.63, 3.8) is 0 Å². The number of nitrogens with zero attached hydrogens (tertiary/aromatic N) is 1. The van der Waals surface area contributed by atoms with Crippen LogP contribution in [0, 0.1) is 10.1 Å². The van der Waals surface area contributed by atoms with E-state index in [9.17, 15) is 14.9 Å². The molecule has 0 amide bonds. The largest absolute Gasteiger partial charge is 0.343 e. The van der Waals surface area contributed by atoms with E-state index in [0.717, 1.165) is 18.4 Å². The average molecular weight is 392 g/mol. The Hall–Kier alpha value is -1.79. The summed E-state index contributed by atoms with van der Waals surface area (Å²) in [4.78, 5) is 23.6. The van der Waals surface area contributed by atoms with Crippen LogP contribution in [0.15, 0.2) is 24.3 Å². The van der Waals surface area contributed by atoms with Crippen molar-refractivity contribution in [2.24, 2.45) is 0 Å². The van der Waals surface area contributed by atoms with Crippen LogP contribution in [0.25, 0.3) is 0 Å². The molecule has 28 heavy (non-hydrogen) atoms. The van der Waals surface area contributed by atoms with E-state index in [1.54, 1.807) is 13.8 Å². The van der Waals surface area contributed by atoms with Crippen LogP contribution in [0.2, 0.25) is 0 Å². The second kappa shape index (κ2) is 10.1. The van der Waals surface area contributed by atoms with Gasteiger partial charge < -0.3 is 9.47 Å². The smallest absolute Gasteiger partial charge is 0.268 e. The number of hydrogen-bond donors (Lipinski definition) is 0. The first-order valence-electron chi connectivity index (χ1n) is 10.3. The van der Waals surface area contributed by atoms with E-state index in [1.807, 2.05) is 24.3 Å². The van der Waals surface area contributed by atoms with Crippen molar-refractivity contribution in [2.75, 3.05) is 13.2 Å². The van der Waals surface area contributed by atoms with E-state index >= 15 is 0 Å². The Kier molecular flexibility index (Phi) is 8.13. The van der Waals surface area contributed by atoms with Crippen LogP contribution in [0.5, 0.6) is 0 Å². The molecular formula is C22H33NO5. The highest BCUT2D eigenvalue weighted by Crippen LogP contribution is 2.29. The number of aryl methyl sites for hydroxylation is 1. The van der Waals surface area contributed by atoms with Crippen molar-refractivity contribution in [2.45, 2.75) is 83.5 Å². The van der Waals surface area contributed by atoms with Crippen LogP contribution < -0.4 is 0 Å². The van der Waals surface area contributed by atoms with Crippen LogP contribution in [-0.2, 0) is 15.9 Å². The van der Waals surface area contributed by atoms with Gasteiger partial charge in [0.2, 0.25) is 0 Å². The highest BCUT2D eigenvalue weighted by Gasteiger charge is 2.49. The third kappa shape index (κ3) is 6.38. The predicted molar refractivity (Wildman–Crippen MR) is 108 cm³/mol. The summed E-state index contributed by atoms with van der Waals surface area (Å²) in [5, 5.41) is 11.6. The summed E-state index contributed by atoms with van der Waals surface area (Å²) in [6.45, 7) is 5.78. The van der Waals surface area contributed by atoms with Crippen molar-refractivity contribution >= 4 is 5.78 Å². The zero-order valence-electron chi connectivity index (χ0n) is 17.4. The van der Waals surface area contributed by atoms with Gasteiger partial charge in [0.15, 0.2) is 11.6 Å². The lowest BCUT2D eigenvalue weighted by molar-refractivity contribution is -0.596. The second-order valence-corrected chi connectivity index (χ2v) is 8.24. The molecule has 156 valence electrons. The Labute approximate surface area is 167 Å². The molecule has 1 aliphatic heterocycles. The fourth-order valence-corrected chi connectivity index (χ4v) is 3.31. The van der Waals surface area contributed by atoms with Crippen LogP contribution in [0.4, 0.5) is 0 Å². The van der Waals surface area contributed by atoms with E-state index in [1.165, 1.54) is 19.3 Å². The van der Waals surface area contributed by atoms with E-state index in [4.69, 9.17) is 9.47 Å². The quantitative estimate of drug-likeness (QED) is 0.230. The first-order valence-corrected chi connectivity index (χ1v) is 10.3. The maximum atomic E-state index is 12.3. The van der Waals surface area contributed by atoms with Gasteiger partial charge in [-0.15, -0.1) is 0 Å². The predicted octanol–water partition coefficient (Wildman–Crippen LogP) is 4.96. The van der Waals surface area contributed by atoms with E-state index in [2.05, 4.69) is 6.92 Å². The third-order valence-electron chi connectivity index (χ3n) is 5.43. The maximum absolute atomic E-state index is 12.3. The molecule has 1 aliphatic rings. The van der Waals surface area contributed by atoms with Gasteiger partial charge in [0.1, 0.15) is 13.2 Å². The number of benzene rings is 1. The maximum Gasteiger partial charge on any atom is 0.268 e. The molecule has 2 rings (SSSR count). The van der Waals surface area contributed by atoms with Gasteiger partial charge in [0, 0.05) is 23.3 Å². The Morgan fingerprint density at radius 3 is 2.25 bits per heavy atom. The zero-order chi connectivity index (χ0) is 20.6. The summed E-state index contributed by atoms with van der Waals surface area (Å²) < 4.78 is 11.1. The molecule has 0 unspecified atom stereocenters. The lowest BCUT2D eigenvalue weighted by atomic mass is 9.91. The number of carbonyl (C=O) groups excluding carboxylic acids is 1. The molecule has 1 heterocycles. The van der Waals surface area contributed by atoms with Gasteiger partial charge in [-0.05, 0) is 32.3 Å². The van der Waals surface area contributed by atoms with Gasteiger partial charge in [0.05, 0.1) is 0 Å². The standard InChI is InChI=1S/C22H33NO5/c1-4-5-6-7-8-9-20(24)19-12-10-18(11-13-19)14-15-22(23(25)26)16-27-21(2,3)28-17-22/h10-13H,4-9,14-17H2,1-3H3. The molecule has 0 bridgehead atoms. The molecule has 0 aromatic heterocycles. The molecule has 1 fully saturated rings. The summed E-state index contributed by atoms with van der Waals surface area (Å²) >= 11 is 0. The van der Waals surface area contributed by atoms with Crippen molar-refractivity contribution in [3.05, 3.63) is 45.5 Å². The zero-order valence-corrected chi connectivity index (χ0v) is 17.4. The molecule has 0 atom stereocenters. The van der Waals surface area contributed by atoms with E-state index in [-0.39, 0.29) is 23.9 Å². The number of ether oxygens (including phenoxy) is 2. The number of hydrogen-bond acceptors (Lipinski definition) is 5. The Bertz CT molecular complexity index is 643. The molecule has 1 aromatic rings. The Morgan fingerprint density at radius 1 is 1.07 bits per heavy atom. The Morgan fingerprint density at radius 2 is 1.68 bits per heavy atom. The van der Waals surface area contributed by atoms with Gasteiger partial charge >= 0.3 is 0 Å². The van der Waals surface area contributed by atoms with E-state index < -0.39 is 11.3 Å². The van der Waals surface area contributed by atoms with Crippen molar-refractivity contribution in [3.8, 4) is 0 Å². The molecule has 1 saturated heterocycles. The highest BCUT2D eigenvalue weighted by molar-refractivity contribution is 5.96. The fraction of sp³-hybridized carbons (Fsp3) is 0.682. The summed E-state index contributed by atoms with van der Waals surface area (Å²) in [5.74, 6) is -0.612. The minimum Gasteiger partial charge on any atom is -0.343 e.